The Hall–Kier alpha value is -4.00. The molecule has 0 unspecified atom stereocenters. The van der Waals surface area contributed by atoms with Crippen molar-refractivity contribution in [3.63, 3.8) is 0 Å². The molecule has 36 heavy (non-hydrogen) atoms. The second-order valence-corrected chi connectivity index (χ2v) is 9.10. The molecule has 7 nitrogen and oxygen atoms in total. The Morgan fingerprint density at radius 1 is 0.917 bits per heavy atom. The number of amides is 1. The van der Waals surface area contributed by atoms with E-state index in [1.54, 1.807) is 0 Å². The van der Waals surface area contributed by atoms with E-state index in [-0.39, 0.29) is 5.91 Å². The van der Waals surface area contributed by atoms with E-state index in [2.05, 4.69) is 81.4 Å². The monoisotopic (exact) mass is 482 g/mol. The van der Waals surface area contributed by atoms with Crippen LogP contribution in [0.25, 0.3) is 22.5 Å². The number of aromatic nitrogens is 4. The van der Waals surface area contributed by atoms with Crippen LogP contribution >= 0.6 is 0 Å². The van der Waals surface area contributed by atoms with E-state index in [1.165, 1.54) is 19.3 Å². The van der Waals surface area contributed by atoms with Gasteiger partial charge < -0.3 is 10.2 Å². The summed E-state index contributed by atoms with van der Waals surface area (Å²) in [4.78, 5) is 14.4. The van der Waals surface area contributed by atoms with Gasteiger partial charge in [-0.05, 0) is 58.7 Å². The van der Waals surface area contributed by atoms with E-state index < -0.39 is 0 Å². The number of anilines is 2. The summed E-state index contributed by atoms with van der Waals surface area (Å²) >= 11 is 0. The lowest BCUT2D eigenvalue weighted by molar-refractivity contribution is -0.130. The SMILES string of the molecule is CCCCCCCC(=O)N(C)Cc1cccc(-c2ccc(Nc3ccccc3-c3nn[nH]n3)cc2)c1. The van der Waals surface area contributed by atoms with Crippen molar-refractivity contribution in [3.8, 4) is 22.5 Å². The number of carbonyl (C=O) groups is 1. The quantitative estimate of drug-likeness (QED) is 0.222. The van der Waals surface area contributed by atoms with Crippen molar-refractivity contribution in [3.05, 3.63) is 78.4 Å². The number of benzene rings is 3. The van der Waals surface area contributed by atoms with Gasteiger partial charge >= 0.3 is 0 Å². The van der Waals surface area contributed by atoms with Crippen molar-refractivity contribution < 1.29 is 4.79 Å². The second-order valence-electron chi connectivity index (χ2n) is 9.10. The van der Waals surface area contributed by atoms with E-state index in [9.17, 15) is 4.79 Å². The Balaban J connectivity index is 1.38. The largest absolute Gasteiger partial charge is 0.355 e. The number of hydrogen-bond acceptors (Lipinski definition) is 5. The summed E-state index contributed by atoms with van der Waals surface area (Å²) in [6, 6.07) is 24.6. The molecule has 0 fully saturated rings. The molecule has 4 rings (SSSR count). The summed E-state index contributed by atoms with van der Waals surface area (Å²) in [5.41, 5.74) is 6.14. The molecule has 0 atom stereocenters. The van der Waals surface area contributed by atoms with Gasteiger partial charge in [-0.25, -0.2) is 0 Å². The highest BCUT2D eigenvalue weighted by Crippen LogP contribution is 2.29. The molecule has 1 heterocycles. The van der Waals surface area contributed by atoms with Crippen molar-refractivity contribution in [2.24, 2.45) is 0 Å². The molecule has 2 N–H and O–H groups in total. The molecule has 0 saturated heterocycles. The molecular weight excluding hydrogens is 448 g/mol. The molecule has 0 aliphatic rings. The molecule has 0 aliphatic carbocycles. The van der Waals surface area contributed by atoms with Gasteiger partial charge in [0.1, 0.15) is 0 Å². The molecule has 4 aromatic rings. The van der Waals surface area contributed by atoms with E-state index in [0.717, 1.165) is 46.5 Å². The Labute approximate surface area is 212 Å². The van der Waals surface area contributed by atoms with Gasteiger partial charge in [-0.1, -0.05) is 75.1 Å². The number of aromatic amines is 1. The van der Waals surface area contributed by atoms with Gasteiger partial charge in [0.2, 0.25) is 11.7 Å². The van der Waals surface area contributed by atoms with Gasteiger partial charge in [-0.15, -0.1) is 10.2 Å². The van der Waals surface area contributed by atoms with Crippen LogP contribution in [0.15, 0.2) is 72.8 Å². The zero-order valence-corrected chi connectivity index (χ0v) is 21.1. The molecule has 0 bridgehead atoms. The first kappa shape index (κ1) is 25.1. The summed E-state index contributed by atoms with van der Waals surface area (Å²) in [5.74, 6) is 0.764. The summed E-state index contributed by atoms with van der Waals surface area (Å²) in [6.45, 7) is 2.83. The fraction of sp³-hybridized carbons (Fsp3) is 0.310. The summed E-state index contributed by atoms with van der Waals surface area (Å²) < 4.78 is 0. The predicted octanol–water partition coefficient (Wildman–Crippen LogP) is 6.60. The molecule has 0 saturated carbocycles. The Morgan fingerprint density at radius 2 is 1.72 bits per heavy atom. The number of tetrazole rings is 1. The number of nitrogens with zero attached hydrogens (tertiary/aromatic N) is 4. The first-order chi connectivity index (χ1) is 17.6. The van der Waals surface area contributed by atoms with Gasteiger partial charge in [-0.2, -0.15) is 5.21 Å². The minimum absolute atomic E-state index is 0.216. The number of para-hydroxylation sites is 1. The van der Waals surface area contributed by atoms with E-state index in [4.69, 9.17) is 0 Å². The highest BCUT2D eigenvalue weighted by Gasteiger charge is 2.11. The van der Waals surface area contributed by atoms with E-state index >= 15 is 0 Å². The van der Waals surface area contributed by atoms with Crippen molar-refractivity contribution in [1.82, 2.24) is 25.5 Å². The van der Waals surface area contributed by atoms with Crippen LogP contribution in [0.5, 0.6) is 0 Å². The minimum atomic E-state index is 0.216. The Bertz CT molecular complexity index is 1240. The maximum atomic E-state index is 12.5. The molecule has 3 aromatic carbocycles. The fourth-order valence-electron chi connectivity index (χ4n) is 4.25. The Kier molecular flexibility index (Phi) is 8.81. The number of rotatable bonds is 12. The predicted molar refractivity (Wildman–Crippen MR) is 145 cm³/mol. The van der Waals surface area contributed by atoms with E-state index in [0.29, 0.717) is 18.8 Å². The van der Waals surface area contributed by atoms with Crippen LogP contribution in [0, 0.1) is 0 Å². The lowest BCUT2D eigenvalue weighted by atomic mass is 10.0. The summed E-state index contributed by atoms with van der Waals surface area (Å²) in [7, 11) is 1.90. The molecule has 0 radical (unpaired) electrons. The first-order valence-electron chi connectivity index (χ1n) is 12.7. The second kappa shape index (κ2) is 12.6. The maximum absolute atomic E-state index is 12.5. The van der Waals surface area contributed by atoms with Gasteiger partial charge in [0.15, 0.2) is 0 Å². The van der Waals surface area contributed by atoms with Crippen LogP contribution in [-0.2, 0) is 11.3 Å². The van der Waals surface area contributed by atoms with Crippen LogP contribution in [0.4, 0.5) is 11.4 Å². The lowest BCUT2D eigenvalue weighted by Gasteiger charge is -2.18. The molecule has 1 amide bonds. The molecule has 186 valence electrons. The van der Waals surface area contributed by atoms with Crippen molar-refractivity contribution in [2.75, 3.05) is 12.4 Å². The molecule has 1 aromatic heterocycles. The van der Waals surface area contributed by atoms with Gasteiger partial charge in [-0.3, -0.25) is 4.79 Å². The van der Waals surface area contributed by atoms with Crippen LogP contribution in [0.2, 0.25) is 0 Å². The normalized spacial score (nSPS) is 10.8. The summed E-state index contributed by atoms with van der Waals surface area (Å²) in [5, 5.41) is 17.8. The van der Waals surface area contributed by atoms with Crippen LogP contribution < -0.4 is 5.32 Å². The average molecular weight is 483 g/mol. The zero-order chi connectivity index (χ0) is 25.2. The minimum Gasteiger partial charge on any atom is -0.355 e. The Morgan fingerprint density at radius 3 is 2.50 bits per heavy atom. The smallest absolute Gasteiger partial charge is 0.222 e. The highest BCUT2D eigenvalue weighted by molar-refractivity contribution is 5.78. The number of carbonyl (C=O) groups excluding carboxylic acids is 1. The molecule has 0 aliphatic heterocycles. The van der Waals surface area contributed by atoms with Crippen molar-refractivity contribution in [1.29, 1.82) is 0 Å². The van der Waals surface area contributed by atoms with Gasteiger partial charge in [0.25, 0.3) is 0 Å². The van der Waals surface area contributed by atoms with E-state index in [1.807, 2.05) is 36.2 Å². The molecular formula is C29H34N6O. The lowest BCUT2D eigenvalue weighted by Crippen LogP contribution is -2.25. The first-order valence-corrected chi connectivity index (χ1v) is 12.7. The van der Waals surface area contributed by atoms with Crippen molar-refractivity contribution in [2.45, 2.75) is 52.0 Å². The highest BCUT2D eigenvalue weighted by atomic mass is 16.2. The topological polar surface area (TPSA) is 86.8 Å². The number of nitrogens with one attached hydrogen (secondary N) is 2. The third-order valence-corrected chi connectivity index (χ3v) is 6.28. The van der Waals surface area contributed by atoms with Crippen molar-refractivity contribution >= 4 is 17.3 Å². The van der Waals surface area contributed by atoms with Gasteiger partial charge in [0.05, 0.1) is 0 Å². The number of hydrogen-bond donors (Lipinski definition) is 2. The maximum Gasteiger partial charge on any atom is 0.222 e. The fourth-order valence-corrected chi connectivity index (χ4v) is 4.25. The van der Waals surface area contributed by atoms with Crippen LogP contribution in [-0.4, -0.2) is 38.5 Å². The summed E-state index contributed by atoms with van der Waals surface area (Å²) in [6.07, 6.45) is 6.43. The third kappa shape index (κ3) is 6.78. The molecule has 7 heteroatoms. The van der Waals surface area contributed by atoms with Gasteiger partial charge in [0, 0.05) is 37.0 Å². The number of unbranched alkanes of at least 4 members (excludes halogenated alkanes) is 4. The standard InChI is InChI=1S/C29H34N6O/c1-3-4-5-6-7-15-28(36)35(2)21-22-11-10-12-24(20-22)23-16-18-25(19-17-23)30-27-14-9-8-13-26(27)29-31-33-34-32-29/h8-14,16-20,30H,3-7,15,21H2,1-2H3,(H,31,32,33,34). The third-order valence-electron chi connectivity index (χ3n) is 6.28. The average Bonchev–Trinajstić information content (AvgIpc) is 3.44. The molecule has 0 spiro atoms. The zero-order valence-electron chi connectivity index (χ0n) is 21.1. The van der Waals surface area contributed by atoms with Crippen LogP contribution in [0.1, 0.15) is 51.0 Å². The number of H-pyrrole nitrogens is 1. The van der Waals surface area contributed by atoms with Crippen LogP contribution in [0.3, 0.4) is 0 Å².